The number of aliphatic imine (C=N–C) groups is 1. The summed E-state index contributed by atoms with van der Waals surface area (Å²) >= 11 is 5.77. The number of hydrogen-bond donors (Lipinski definition) is 0. The summed E-state index contributed by atoms with van der Waals surface area (Å²) in [5, 5.41) is 0.664. The number of ether oxygens (including phenoxy) is 1. The van der Waals surface area contributed by atoms with Gasteiger partial charge in [-0.05, 0) is 43.4 Å². The fourth-order valence-electron chi connectivity index (χ4n) is 2.03. The number of nitrogens with zero attached hydrogens (tertiary/aromatic N) is 1. The first-order valence-electron chi connectivity index (χ1n) is 6.24. The van der Waals surface area contributed by atoms with Crippen molar-refractivity contribution in [2.75, 3.05) is 0 Å². The van der Waals surface area contributed by atoms with Gasteiger partial charge in [0.2, 0.25) is 0 Å². The van der Waals surface area contributed by atoms with E-state index >= 15 is 0 Å². The van der Waals surface area contributed by atoms with Gasteiger partial charge in [0.1, 0.15) is 6.10 Å². The molecule has 0 aliphatic heterocycles. The van der Waals surface area contributed by atoms with Crippen molar-refractivity contribution in [3.05, 3.63) is 34.9 Å². The van der Waals surface area contributed by atoms with Crippen LogP contribution >= 0.6 is 11.6 Å². The molecule has 1 amide bonds. The minimum absolute atomic E-state index is 0.0496. The Morgan fingerprint density at radius 1 is 1.22 bits per heavy atom. The molecule has 1 aliphatic carbocycles. The monoisotopic (exact) mass is 265 g/mol. The largest absolute Gasteiger partial charge is 0.445 e. The van der Waals surface area contributed by atoms with Gasteiger partial charge in [-0.25, -0.2) is 4.79 Å². The Morgan fingerprint density at radius 3 is 2.56 bits per heavy atom. The molecule has 1 saturated carbocycles. The second-order valence-electron chi connectivity index (χ2n) is 4.45. The molecule has 0 bridgehead atoms. The maximum absolute atomic E-state index is 11.5. The summed E-state index contributed by atoms with van der Waals surface area (Å²) in [7, 11) is 0. The highest BCUT2D eigenvalue weighted by Gasteiger charge is 2.16. The van der Waals surface area contributed by atoms with Crippen molar-refractivity contribution in [2.45, 2.75) is 38.2 Å². The van der Waals surface area contributed by atoms with E-state index in [1.54, 1.807) is 24.3 Å². The van der Waals surface area contributed by atoms with Crippen LogP contribution in [0, 0.1) is 0 Å². The van der Waals surface area contributed by atoms with Crippen LogP contribution in [0.2, 0.25) is 5.02 Å². The molecule has 0 saturated heterocycles. The van der Waals surface area contributed by atoms with Gasteiger partial charge in [-0.1, -0.05) is 30.2 Å². The van der Waals surface area contributed by atoms with Crippen molar-refractivity contribution in [3.8, 4) is 0 Å². The van der Waals surface area contributed by atoms with Gasteiger partial charge in [0.05, 0.1) is 0 Å². The zero-order chi connectivity index (χ0) is 12.8. The minimum atomic E-state index is -0.503. The smallest absolute Gasteiger partial charge is 0.433 e. The third-order valence-corrected chi connectivity index (χ3v) is 3.26. The van der Waals surface area contributed by atoms with Crippen LogP contribution < -0.4 is 0 Å². The summed E-state index contributed by atoms with van der Waals surface area (Å²) in [4.78, 5) is 15.3. The maximum atomic E-state index is 11.5. The molecule has 0 N–H and O–H groups in total. The Hall–Kier alpha value is -1.35. The van der Waals surface area contributed by atoms with E-state index in [1.807, 2.05) is 0 Å². The Balaban J connectivity index is 1.84. The lowest BCUT2D eigenvalue weighted by Crippen LogP contribution is -2.19. The molecule has 0 unspecified atom stereocenters. The van der Waals surface area contributed by atoms with Crippen molar-refractivity contribution in [1.29, 1.82) is 0 Å². The van der Waals surface area contributed by atoms with Crippen molar-refractivity contribution in [2.24, 2.45) is 4.99 Å². The van der Waals surface area contributed by atoms with Crippen molar-refractivity contribution in [1.82, 2.24) is 0 Å². The van der Waals surface area contributed by atoms with E-state index in [0.29, 0.717) is 5.02 Å². The Bertz CT molecular complexity index is 422. The molecule has 0 heterocycles. The van der Waals surface area contributed by atoms with Crippen LogP contribution in [0.4, 0.5) is 4.79 Å². The summed E-state index contributed by atoms with van der Waals surface area (Å²) in [5.41, 5.74) is 0.833. The molecule has 0 radical (unpaired) electrons. The van der Waals surface area contributed by atoms with E-state index in [9.17, 15) is 4.79 Å². The second kappa shape index (κ2) is 6.55. The third kappa shape index (κ3) is 4.15. The van der Waals surface area contributed by atoms with E-state index in [4.69, 9.17) is 16.3 Å². The number of benzene rings is 1. The van der Waals surface area contributed by atoms with Gasteiger partial charge < -0.3 is 4.74 Å². The predicted octanol–water partition coefficient (Wildman–Crippen LogP) is 4.23. The van der Waals surface area contributed by atoms with E-state index in [2.05, 4.69) is 4.99 Å². The molecule has 3 nitrogen and oxygen atoms in total. The molecule has 0 aromatic heterocycles. The molecular formula is C14H16ClNO2. The lowest BCUT2D eigenvalue weighted by molar-refractivity contribution is 0.0834. The summed E-state index contributed by atoms with van der Waals surface area (Å²) in [6, 6.07) is 7.13. The average molecular weight is 266 g/mol. The highest BCUT2D eigenvalue weighted by atomic mass is 35.5. The van der Waals surface area contributed by atoms with Gasteiger partial charge in [0.25, 0.3) is 0 Å². The van der Waals surface area contributed by atoms with Crippen molar-refractivity contribution < 1.29 is 9.53 Å². The van der Waals surface area contributed by atoms with E-state index in [-0.39, 0.29) is 6.10 Å². The van der Waals surface area contributed by atoms with Crippen molar-refractivity contribution in [3.63, 3.8) is 0 Å². The van der Waals surface area contributed by atoms with Crippen LogP contribution in [0.25, 0.3) is 0 Å². The molecule has 1 aromatic carbocycles. The SMILES string of the molecule is O=C(/N=C/c1ccc(Cl)cc1)OC1CCCCC1. The summed E-state index contributed by atoms with van der Waals surface area (Å²) < 4.78 is 5.27. The number of amides is 1. The lowest BCUT2D eigenvalue weighted by Gasteiger charge is -2.20. The first-order chi connectivity index (χ1) is 8.74. The third-order valence-electron chi connectivity index (χ3n) is 3.01. The first kappa shape index (κ1) is 13.1. The van der Waals surface area contributed by atoms with Crippen LogP contribution in [-0.4, -0.2) is 18.4 Å². The standard InChI is InChI=1S/C14H16ClNO2/c15-12-8-6-11(7-9-12)10-16-14(17)18-13-4-2-1-3-5-13/h6-10,13H,1-5H2/b16-10+. The first-order valence-corrected chi connectivity index (χ1v) is 6.62. The number of hydrogen-bond acceptors (Lipinski definition) is 2. The Morgan fingerprint density at radius 2 is 1.89 bits per heavy atom. The zero-order valence-electron chi connectivity index (χ0n) is 10.1. The van der Waals surface area contributed by atoms with Crippen LogP contribution in [0.5, 0.6) is 0 Å². The fraction of sp³-hybridized carbons (Fsp3) is 0.429. The molecule has 0 spiro atoms. The Kier molecular flexibility index (Phi) is 4.76. The average Bonchev–Trinajstić information content (AvgIpc) is 2.39. The predicted molar refractivity (Wildman–Crippen MR) is 72.4 cm³/mol. The number of halogens is 1. The topological polar surface area (TPSA) is 38.7 Å². The lowest BCUT2D eigenvalue weighted by atomic mass is 9.98. The normalized spacial score (nSPS) is 16.9. The molecule has 1 aliphatic rings. The molecule has 2 rings (SSSR count). The summed E-state index contributed by atoms with van der Waals surface area (Å²) in [6.45, 7) is 0. The molecule has 1 aromatic rings. The minimum Gasteiger partial charge on any atom is -0.445 e. The highest BCUT2D eigenvalue weighted by Crippen LogP contribution is 2.20. The zero-order valence-corrected chi connectivity index (χ0v) is 10.9. The van der Waals surface area contributed by atoms with E-state index in [0.717, 1.165) is 31.2 Å². The van der Waals surface area contributed by atoms with Crippen molar-refractivity contribution >= 4 is 23.9 Å². The molecule has 18 heavy (non-hydrogen) atoms. The summed E-state index contributed by atoms with van der Waals surface area (Å²) in [5.74, 6) is 0. The van der Waals surface area contributed by atoms with Gasteiger partial charge >= 0.3 is 6.09 Å². The molecule has 0 atom stereocenters. The van der Waals surface area contributed by atoms with Gasteiger partial charge in [-0.3, -0.25) is 0 Å². The molecule has 96 valence electrons. The second-order valence-corrected chi connectivity index (χ2v) is 4.89. The molecule has 1 fully saturated rings. The van der Waals surface area contributed by atoms with Gasteiger partial charge in [0.15, 0.2) is 0 Å². The van der Waals surface area contributed by atoms with Gasteiger partial charge in [-0.2, -0.15) is 4.99 Å². The van der Waals surface area contributed by atoms with Crippen LogP contribution in [0.1, 0.15) is 37.7 Å². The summed E-state index contributed by atoms with van der Waals surface area (Å²) in [6.07, 6.45) is 6.48. The Labute approximate surface area is 112 Å². The highest BCUT2D eigenvalue weighted by molar-refractivity contribution is 6.30. The number of carbonyl (C=O) groups is 1. The number of carbonyl (C=O) groups excluding carboxylic acids is 1. The van der Waals surface area contributed by atoms with Gasteiger partial charge in [0, 0.05) is 11.2 Å². The van der Waals surface area contributed by atoms with Crippen LogP contribution in [0.3, 0.4) is 0 Å². The quantitative estimate of drug-likeness (QED) is 0.751. The molecular weight excluding hydrogens is 250 g/mol. The van der Waals surface area contributed by atoms with Gasteiger partial charge in [-0.15, -0.1) is 0 Å². The number of rotatable bonds is 2. The van der Waals surface area contributed by atoms with Crippen LogP contribution in [-0.2, 0) is 4.74 Å². The van der Waals surface area contributed by atoms with E-state index < -0.39 is 6.09 Å². The fourth-order valence-corrected chi connectivity index (χ4v) is 2.16. The molecule has 4 heteroatoms. The van der Waals surface area contributed by atoms with Crippen LogP contribution in [0.15, 0.2) is 29.3 Å². The van der Waals surface area contributed by atoms with E-state index in [1.165, 1.54) is 12.6 Å². The maximum Gasteiger partial charge on any atom is 0.433 e.